The van der Waals surface area contributed by atoms with Crippen molar-refractivity contribution in [1.29, 1.82) is 0 Å². The Morgan fingerprint density at radius 2 is 1.94 bits per heavy atom. The minimum Gasteiger partial charge on any atom is -0.508 e. The van der Waals surface area contributed by atoms with Gasteiger partial charge in [0.2, 0.25) is 0 Å². The molecule has 4 rings (SSSR count). The molecule has 11 heteroatoms. The molecule has 0 bridgehead atoms. The Bertz CT molecular complexity index is 1120. The maximum absolute atomic E-state index is 14.1. The minimum atomic E-state index is -0.495. The summed E-state index contributed by atoms with van der Waals surface area (Å²) in [5.41, 5.74) is 3.09. The zero-order chi connectivity index (χ0) is 23.2. The van der Waals surface area contributed by atoms with Crippen LogP contribution >= 0.6 is 0 Å². The molecule has 3 heterocycles. The molecule has 0 amide bonds. The van der Waals surface area contributed by atoms with Gasteiger partial charge in [-0.2, -0.15) is 10.1 Å². The lowest BCUT2D eigenvalue weighted by Crippen LogP contribution is -2.37. The predicted molar refractivity (Wildman–Crippen MR) is 123 cm³/mol. The van der Waals surface area contributed by atoms with Gasteiger partial charge in [-0.3, -0.25) is 4.98 Å². The molecule has 0 saturated carbocycles. The molecule has 2 aromatic heterocycles. The molecule has 0 spiro atoms. The molecule has 1 aromatic carbocycles. The van der Waals surface area contributed by atoms with Crippen molar-refractivity contribution in [2.75, 3.05) is 55.5 Å². The van der Waals surface area contributed by atoms with Crippen LogP contribution in [0.15, 0.2) is 53.0 Å². The van der Waals surface area contributed by atoms with Crippen LogP contribution in [0.2, 0.25) is 0 Å². The summed E-state index contributed by atoms with van der Waals surface area (Å²) in [7, 11) is 3.81. The molecule has 0 atom stereocenters. The standard InChI is InChI=1S/C22H25FN8O2/c1-30(2)18-9-17(10-19(32)11-18)27-16-4-3-15(24-12-16)13-26-29-22-25-14-20(23)21(28-22)31-5-7-33-8-6-31/h3-4,9-12,14,27,32H,5-8,13H2,1-2H3. The van der Waals surface area contributed by atoms with E-state index in [0.29, 0.717) is 32.0 Å². The Kier molecular flexibility index (Phi) is 6.89. The Hall–Kier alpha value is -3.86. The summed E-state index contributed by atoms with van der Waals surface area (Å²) in [5.74, 6) is -0.0181. The predicted octanol–water partition coefficient (Wildman–Crippen LogP) is 3.65. The zero-order valence-corrected chi connectivity index (χ0v) is 18.4. The molecule has 10 nitrogen and oxygen atoms in total. The van der Waals surface area contributed by atoms with Gasteiger partial charge in [0.25, 0.3) is 5.95 Å². The molecular formula is C22H25FN8O2. The van der Waals surface area contributed by atoms with E-state index in [-0.39, 0.29) is 24.1 Å². The van der Waals surface area contributed by atoms with Gasteiger partial charge in [0, 0.05) is 50.7 Å². The molecule has 0 aliphatic carbocycles. The third-order valence-corrected chi connectivity index (χ3v) is 4.95. The highest BCUT2D eigenvalue weighted by Gasteiger charge is 2.17. The number of hydrogen-bond acceptors (Lipinski definition) is 10. The van der Waals surface area contributed by atoms with Gasteiger partial charge in [0.05, 0.1) is 37.0 Å². The number of nitrogens with zero attached hydrogens (tertiary/aromatic N) is 7. The number of morpholine rings is 1. The second-order valence-electron chi connectivity index (χ2n) is 7.64. The van der Waals surface area contributed by atoms with Gasteiger partial charge in [-0.1, -0.05) is 0 Å². The molecule has 1 aliphatic rings. The molecule has 2 N–H and O–H groups in total. The molecular weight excluding hydrogens is 427 g/mol. The first kappa shape index (κ1) is 22.3. The molecule has 1 saturated heterocycles. The molecule has 172 valence electrons. The van der Waals surface area contributed by atoms with Gasteiger partial charge >= 0.3 is 0 Å². The number of ether oxygens (including phenoxy) is 1. The third-order valence-electron chi connectivity index (χ3n) is 4.95. The van der Waals surface area contributed by atoms with Crippen LogP contribution in [-0.4, -0.2) is 60.5 Å². The Morgan fingerprint density at radius 3 is 2.67 bits per heavy atom. The number of phenols is 1. The summed E-state index contributed by atoms with van der Waals surface area (Å²) in [6, 6.07) is 8.94. The fraction of sp³-hybridized carbons (Fsp3) is 0.318. The number of azo groups is 1. The van der Waals surface area contributed by atoms with E-state index >= 15 is 0 Å². The number of phenolic OH excluding ortho intramolecular Hbond substituents is 1. The monoisotopic (exact) mass is 452 g/mol. The summed E-state index contributed by atoms with van der Waals surface area (Å²) >= 11 is 0. The second-order valence-corrected chi connectivity index (χ2v) is 7.64. The van der Waals surface area contributed by atoms with Crippen LogP contribution in [0.4, 0.5) is 33.2 Å². The van der Waals surface area contributed by atoms with Crippen LogP contribution in [0.3, 0.4) is 0 Å². The van der Waals surface area contributed by atoms with E-state index < -0.39 is 5.82 Å². The van der Waals surface area contributed by atoms with Crippen molar-refractivity contribution in [3.63, 3.8) is 0 Å². The number of rotatable bonds is 7. The average Bonchev–Trinajstić information content (AvgIpc) is 2.81. The fourth-order valence-corrected chi connectivity index (χ4v) is 3.25. The third kappa shape index (κ3) is 5.89. The maximum Gasteiger partial charge on any atom is 0.270 e. The van der Waals surface area contributed by atoms with Crippen molar-refractivity contribution in [3.05, 3.63) is 54.2 Å². The van der Waals surface area contributed by atoms with Gasteiger partial charge in [-0.15, -0.1) is 5.11 Å². The maximum atomic E-state index is 14.1. The molecule has 0 radical (unpaired) electrons. The highest BCUT2D eigenvalue weighted by atomic mass is 19.1. The van der Waals surface area contributed by atoms with E-state index in [1.54, 1.807) is 23.2 Å². The van der Waals surface area contributed by atoms with Crippen LogP contribution in [0, 0.1) is 5.82 Å². The van der Waals surface area contributed by atoms with Crippen molar-refractivity contribution in [3.8, 4) is 5.75 Å². The summed E-state index contributed by atoms with van der Waals surface area (Å²) in [4.78, 5) is 16.2. The van der Waals surface area contributed by atoms with Crippen LogP contribution in [0.1, 0.15) is 5.69 Å². The number of halogens is 1. The number of aromatic nitrogens is 3. The lowest BCUT2D eigenvalue weighted by Gasteiger charge is -2.27. The normalized spacial score (nSPS) is 14.0. The Morgan fingerprint density at radius 1 is 1.12 bits per heavy atom. The van der Waals surface area contributed by atoms with Crippen molar-refractivity contribution in [2.24, 2.45) is 10.2 Å². The van der Waals surface area contributed by atoms with E-state index in [1.807, 2.05) is 37.2 Å². The van der Waals surface area contributed by atoms with E-state index in [9.17, 15) is 9.50 Å². The summed E-state index contributed by atoms with van der Waals surface area (Å²) < 4.78 is 19.4. The van der Waals surface area contributed by atoms with Gasteiger partial charge in [0.1, 0.15) is 12.3 Å². The largest absolute Gasteiger partial charge is 0.508 e. The first-order valence-corrected chi connectivity index (χ1v) is 10.4. The number of benzene rings is 1. The first-order chi connectivity index (χ1) is 16.0. The Balaban J connectivity index is 1.38. The fourth-order valence-electron chi connectivity index (χ4n) is 3.25. The van der Waals surface area contributed by atoms with Gasteiger partial charge < -0.3 is 25.0 Å². The molecule has 1 aliphatic heterocycles. The van der Waals surface area contributed by atoms with Crippen LogP contribution in [-0.2, 0) is 11.3 Å². The number of pyridine rings is 1. The van der Waals surface area contributed by atoms with Gasteiger partial charge in [0.15, 0.2) is 11.6 Å². The van der Waals surface area contributed by atoms with Crippen LogP contribution < -0.4 is 15.1 Å². The summed E-state index contributed by atoms with van der Waals surface area (Å²) in [5, 5.41) is 21.2. The van der Waals surface area contributed by atoms with E-state index in [4.69, 9.17) is 4.74 Å². The molecule has 0 unspecified atom stereocenters. The lowest BCUT2D eigenvalue weighted by molar-refractivity contribution is 0.122. The quantitative estimate of drug-likeness (QED) is 0.523. The van der Waals surface area contributed by atoms with Crippen LogP contribution in [0.5, 0.6) is 5.75 Å². The topological polar surface area (TPSA) is 111 Å². The second kappa shape index (κ2) is 10.2. The van der Waals surface area contributed by atoms with Crippen molar-refractivity contribution in [1.82, 2.24) is 15.0 Å². The smallest absolute Gasteiger partial charge is 0.270 e. The number of aromatic hydroxyl groups is 1. The van der Waals surface area contributed by atoms with Crippen LogP contribution in [0.25, 0.3) is 0 Å². The van der Waals surface area contributed by atoms with E-state index in [0.717, 1.165) is 23.3 Å². The zero-order valence-electron chi connectivity index (χ0n) is 18.4. The summed E-state index contributed by atoms with van der Waals surface area (Å²) in [6.07, 6.45) is 2.78. The average molecular weight is 452 g/mol. The lowest BCUT2D eigenvalue weighted by atomic mass is 10.2. The number of nitrogens with one attached hydrogen (secondary N) is 1. The van der Waals surface area contributed by atoms with E-state index in [1.165, 1.54) is 0 Å². The van der Waals surface area contributed by atoms with E-state index in [2.05, 4.69) is 30.5 Å². The highest BCUT2D eigenvalue weighted by Crippen LogP contribution is 2.27. The minimum absolute atomic E-state index is 0.0942. The number of hydrogen-bond donors (Lipinski definition) is 2. The molecule has 33 heavy (non-hydrogen) atoms. The number of anilines is 4. The summed E-state index contributed by atoms with van der Waals surface area (Å²) in [6.45, 7) is 2.41. The highest BCUT2D eigenvalue weighted by molar-refractivity contribution is 5.67. The SMILES string of the molecule is CN(C)c1cc(O)cc(Nc2ccc(CN=Nc3ncc(F)c(N4CCOCC4)n3)nc2)c1. The molecule has 3 aromatic rings. The van der Waals surface area contributed by atoms with Crippen molar-refractivity contribution >= 4 is 28.8 Å². The Labute approximate surface area is 190 Å². The first-order valence-electron chi connectivity index (χ1n) is 10.4. The van der Waals surface area contributed by atoms with Crippen molar-refractivity contribution < 1.29 is 14.2 Å². The van der Waals surface area contributed by atoms with Gasteiger partial charge in [-0.25, -0.2) is 9.37 Å². The van der Waals surface area contributed by atoms with Crippen molar-refractivity contribution in [2.45, 2.75) is 6.54 Å². The molecule has 1 fully saturated rings. The van der Waals surface area contributed by atoms with Gasteiger partial charge in [-0.05, 0) is 18.2 Å².